The minimum Gasteiger partial charge on any atom is -0.338 e. The number of hydrogen-bond donors (Lipinski definition) is 2. The summed E-state index contributed by atoms with van der Waals surface area (Å²) in [6.07, 6.45) is 3.05. The molecule has 0 N–H and O–H groups in total. The van der Waals surface area contributed by atoms with Crippen LogP contribution in [0, 0.1) is 0 Å². The smallest absolute Gasteiger partial charge is 0.228 e. The fraction of sp³-hybridized carbons (Fsp3) is 0.625. The monoisotopic (exact) mass is 243 g/mol. The third-order valence-electron chi connectivity index (χ3n) is 2.40. The largest absolute Gasteiger partial charge is 0.338 e. The normalized spacial score (nSPS) is 18.5. The maximum atomic E-state index is 4.29. The minimum absolute atomic E-state index is 0.0190. The molecule has 0 radical (unpaired) electrons. The Labute approximate surface area is 99.7 Å². The van der Waals surface area contributed by atoms with Crippen molar-refractivity contribution in [3.05, 3.63) is 12.7 Å². The molecule has 2 rings (SSSR count). The van der Waals surface area contributed by atoms with Crippen molar-refractivity contribution in [2.45, 2.75) is 4.71 Å². The third kappa shape index (κ3) is 2.73. The summed E-state index contributed by atoms with van der Waals surface area (Å²) in [5, 5.41) is 0. The maximum absolute atomic E-state index is 4.29. The van der Waals surface area contributed by atoms with Gasteiger partial charge in [0.25, 0.3) is 0 Å². The standard InChI is InChI=1S/C8H13N5S2/c14-8(15)13-3-1-12(2-4-13)7-10-5-9-6-11-7/h5-6,8,14-15H,1-4H2. The summed E-state index contributed by atoms with van der Waals surface area (Å²) in [6.45, 7) is 3.68. The van der Waals surface area contributed by atoms with Gasteiger partial charge in [0.05, 0.1) is 4.71 Å². The average molecular weight is 243 g/mol. The van der Waals surface area contributed by atoms with Gasteiger partial charge < -0.3 is 4.90 Å². The molecule has 1 aliphatic rings. The maximum Gasteiger partial charge on any atom is 0.228 e. The molecule has 82 valence electrons. The SMILES string of the molecule is SC(S)N1CCN(c2ncncn2)CC1. The van der Waals surface area contributed by atoms with Gasteiger partial charge in [-0.1, -0.05) is 0 Å². The molecule has 1 aromatic heterocycles. The first-order valence-electron chi connectivity index (χ1n) is 4.74. The molecule has 0 aromatic carbocycles. The molecule has 0 saturated carbocycles. The first kappa shape index (κ1) is 11.0. The second-order valence-electron chi connectivity index (χ2n) is 3.31. The minimum atomic E-state index is 0.0190. The molecule has 0 amide bonds. The number of piperazine rings is 1. The van der Waals surface area contributed by atoms with Crippen molar-refractivity contribution in [1.29, 1.82) is 0 Å². The van der Waals surface area contributed by atoms with Crippen molar-refractivity contribution < 1.29 is 0 Å². The zero-order chi connectivity index (χ0) is 10.7. The van der Waals surface area contributed by atoms with E-state index in [1.807, 2.05) is 0 Å². The second-order valence-corrected chi connectivity index (χ2v) is 4.69. The number of thiol groups is 2. The fourth-order valence-corrected chi connectivity index (χ4v) is 2.01. The van der Waals surface area contributed by atoms with E-state index >= 15 is 0 Å². The molecule has 2 heterocycles. The topological polar surface area (TPSA) is 45.2 Å². The zero-order valence-corrected chi connectivity index (χ0v) is 9.98. The Morgan fingerprint density at radius 3 is 2.20 bits per heavy atom. The molecule has 1 fully saturated rings. The summed E-state index contributed by atoms with van der Waals surface area (Å²) in [6, 6.07) is 0. The third-order valence-corrected chi connectivity index (χ3v) is 3.06. The van der Waals surface area contributed by atoms with Crippen molar-refractivity contribution in [3.8, 4) is 0 Å². The van der Waals surface area contributed by atoms with Crippen LogP contribution in [0.2, 0.25) is 0 Å². The van der Waals surface area contributed by atoms with E-state index in [0.29, 0.717) is 0 Å². The zero-order valence-electron chi connectivity index (χ0n) is 8.19. The van der Waals surface area contributed by atoms with Crippen molar-refractivity contribution in [2.24, 2.45) is 0 Å². The highest BCUT2D eigenvalue weighted by molar-refractivity contribution is 7.99. The van der Waals surface area contributed by atoms with Crippen LogP contribution < -0.4 is 4.90 Å². The molecule has 1 aromatic rings. The lowest BCUT2D eigenvalue weighted by Crippen LogP contribution is -2.48. The van der Waals surface area contributed by atoms with Gasteiger partial charge >= 0.3 is 0 Å². The van der Waals surface area contributed by atoms with Crippen molar-refractivity contribution in [2.75, 3.05) is 31.1 Å². The van der Waals surface area contributed by atoms with E-state index in [2.05, 4.69) is 50.0 Å². The number of rotatable bonds is 2. The van der Waals surface area contributed by atoms with Crippen LogP contribution in [0.1, 0.15) is 0 Å². The fourth-order valence-electron chi connectivity index (χ4n) is 1.55. The van der Waals surface area contributed by atoms with E-state index in [1.54, 1.807) is 0 Å². The molecule has 1 aliphatic heterocycles. The van der Waals surface area contributed by atoms with E-state index in [4.69, 9.17) is 0 Å². The van der Waals surface area contributed by atoms with Gasteiger partial charge in [0.15, 0.2) is 0 Å². The summed E-state index contributed by atoms with van der Waals surface area (Å²) in [7, 11) is 0. The first-order valence-corrected chi connectivity index (χ1v) is 5.78. The van der Waals surface area contributed by atoms with Gasteiger partial charge in [-0.05, 0) is 0 Å². The molecular weight excluding hydrogens is 230 g/mol. The number of nitrogens with zero attached hydrogens (tertiary/aromatic N) is 5. The van der Waals surface area contributed by atoms with Gasteiger partial charge in [0.2, 0.25) is 5.95 Å². The lowest BCUT2D eigenvalue weighted by atomic mass is 10.3. The lowest BCUT2D eigenvalue weighted by Gasteiger charge is -2.35. The second kappa shape index (κ2) is 5.00. The summed E-state index contributed by atoms with van der Waals surface area (Å²) >= 11 is 8.58. The first-order chi connectivity index (χ1) is 7.27. The Bertz CT molecular complexity index is 299. The van der Waals surface area contributed by atoms with E-state index in [0.717, 1.165) is 32.1 Å². The molecule has 0 unspecified atom stereocenters. The summed E-state index contributed by atoms with van der Waals surface area (Å²) in [4.78, 5) is 16.4. The number of aromatic nitrogens is 3. The van der Waals surface area contributed by atoms with Crippen LogP contribution in [-0.2, 0) is 0 Å². The van der Waals surface area contributed by atoms with Crippen LogP contribution in [0.3, 0.4) is 0 Å². The lowest BCUT2D eigenvalue weighted by molar-refractivity contribution is 0.285. The molecular formula is C8H13N5S2. The van der Waals surface area contributed by atoms with Gasteiger partial charge in [-0.25, -0.2) is 15.0 Å². The van der Waals surface area contributed by atoms with Crippen LogP contribution >= 0.6 is 25.3 Å². The molecule has 0 atom stereocenters. The highest BCUT2D eigenvalue weighted by atomic mass is 32.2. The van der Waals surface area contributed by atoms with Crippen LogP contribution in [0.5, 0.6) is 0 Å². The molecule has 1 saturated heterocycles. The van der Waals surface area contributed by atoms with Crippen LogP contribution in [-0.4, -0.2) is 50.7 Å². The van der Waals surface area contributed by atoms with Crippen LogP contribution in [0.15, 0.2) is 12.7 Å². The molecule has 0 bridgehead atoms. The molecule has 7 heteroatoms. The molecule has 0 aliphatic carbocycles. The Hall–Kier alpha value is -0.530. The van der Waals surface area contributed by atoms with E-state index in [-0.39, 0.29) is 4.71 Å². The Morgan fingerprint density at radius 1 is 1.07 bits per heavy atom. The van der Waals surface area contributed by atoms with E-state index < -0.39 is 0 Å². The number of hydrogen-bond acceptors (Lipinski definition) is 7. The molecule has 15 heavy (non-hydrogen) atoms. The van der Waals surface area contributed by atoms with Crippen LogP contribution in [0.25, 0.3) is 0 Å². The Balaban J connectivity index is 1.94. The molecule has 0 spiro atoms. The van der Waals surface area contributed by atoms with Crippen molar-refractivity contribution in [1.82, 2.24) is 19.9 Å². The predicted octanol–water partition coefficient (Wildman–Crippen LogP) is 0.137. The summed E-state index contributed by atoms with van der Waals surface area (Å²) in [5.74, 6) is 0.750. The molecule has 5 nitrogen and oxygen atoms in total. The Morgan fingerprint density at radius 2 is 1.67 bits per heavy atom. The van der Waals surface area contributed by atoms with Gasteiger partial charge in [0, 0.05) is 26.2 Å². The van der Waals surface area contributed by atoms with Gasteiger partial charge in [-0.2, -0.15) is 0 Å². The highest BCUT2D eigenvalue weighted by Gasteiger charge is 2.20. The van der Waals surface area contributed by atoms with Gasteiger partial charge in [0.1, 0.15) is 12.7 Å². The van der Waals surface area contributed by atoms with E-state index in [9.17, 15) is 0 Å². The number of anilines is 1. The Kier molecular flexibility index (Phi) is 3.66. The van der Waals surface area contributed by atoms with Gasteiger partial charge in [-0.15, -0.1) is 25.3 Å². The van der Waals surface area contributed by atoms with Gasteiger partial charge in [-0.3, -0.25) is 4.90 Å². The quantitative estimate of drug-likeness (QED) is 0.571. The average Bonchev–Trinajstić information content (AvgIpc) is 2.30. The van der Waals surface area contributed by atoms with Crippen molar-refractivity contribution >= 4 is 31.2 Å². The van der Waals surface area contributed by atoms with Crippen LogP contribution in [0.4, 0.5) is 5.95 Å². The van der Waals surface area contributed by atoms with E-state index in [1.165, 1.54) is 12.7 Å². The summed E-state index contributed by atoms with van der Waals surface area (Å²) < 4.78 is 0.0190. The van der Waals surface area contributed by atoms with Crippen molar-refractivity contribution in [3.63, 3.8) is 0 Å². The predicted molar refractivity (Wildman–Crippen MR) is 65.4 cm³/mol. The summed E-state index contributed by atoms with van der Waals surface area (Å²) in [5.41, 5.74) is 0. The highest BCUT2D eigenvalue weighted by Crippen LogP contribution is 2.14.